The van der Waals surface area contributed by atoms with Crippen molar-refractivity contribution in [3.05, 3.63) is 41.2 Å². The molecule has 0 saturated carbocycles. The molecule has 1 saturated heterocycles. The maximum absolute atomic E-state index is 13.7. The summed E-state index contributed by atoms with van der Waals surface area (Å²) >= 11 is 0. The van der Waals surface area contributed by atoms with Gasteiger partial charge >= 0.3 is 12.3 Å². The van der Waals surface area contributed by atoms with Gasteiger partial charge in [0.05, 0.1) is 30.9 Å². The van der Waals surface area contributed by atoms with E-state index in [2.05, 4.69) is 0 Å². The van der Waals surface area contributed by atoms with E-state index in [1.54, 1.807) is 26.8 Å². The molecule has 2 unspecified atom stereocenters. The predicted molar refractivity (Wildman–Crippen MR) is 90.5 cm³/mol. The first-order valence-electron chi connectivity index (χ1n) is 8.62. The second kappa shape index (κ2) is 6.82. The standard InChI is InChI=1S/C19H21F4NO3/c1-18(2,3)27-17(25)24-13-6-11(7-14(24)10-26-9-13)15-8-12(20)4-5-16(15)19(21,22)23/h4-6,8,13-14H,7,9-10H2,1-3H3. The van der Waals surface area contributed by atoms with E-state index in [1.165, 1.54) is 4.90 Å². The van der Waals surface area contributed by atoms with Gasteiger partial charge < -0.3 is 9.47 Å². The van der Waals surface area contributed by atoms with E-state index in [9.17, 15) is 22.4 Å². The Labute approximate surface area is 154 Å². The number of rotatable bonds is 1. The van der Waals surface area contributed by atoms with Crippen LogP contribution in [0.5, 0.6) is 0 Å². The second-order valence-electron chi connectivity index (χ2n) is 7.73. The number of carbonyl (C=O) groups excluding carboxylic acids is 1. The first kappa shape index (κ1) is 19.7. The van der Waals surface area contributed by atoms with Gasteiger partial charge in [0.1, 0.15) is 11.4 Å². The molecular formula is C19H21F4NO3. The van der Waals surface area contributed by atoms with Crippen LogP contribution in [0.25, 0.3) is 5.57 Å². The lowest BCUT2D eigenvalue weighted by atomic mass is 9.87. The number of hydrogen-bond acceptors (Lipinski definition) is 3. The van der Waals surface area contributed by atoms with Gasteiger partial charge in [0.15, 0.2) is 0 Å². The number of carbonyl (C=O) groups is 1. The molecule has 1 aromatic rings. The third-order valence-electron chi connectivity index (χ3n) is 4.44. The molecule has 0 aliphatic carbocycles. The second-order valence-corrected chi connectivity index (χ2v) is 7.73. The fourth-order valence-electron chi connectivity index (χ4n) is 3.42. The average Bonchev–Trinajstić information content (AvgIpc) is 2.50. The molecule has 0 aromatic heterocycles. The normalized spacial score (nSPS) is 23.1. The molecule has 148 valence electrons. The number of morpholine rings is 1. The van der Waals surface area contributed by atoms with Crippen LogP contribution in [0, 0.1) is 5.82 Å². The number of halogens is 4. The van der Waals surface area contributed by atoms with E-state index in [-0.39, 0.29) is 25.2 Å². The summed E-state index contributed by atoms with van der Waals surface area (Å²) in [5.74, 6) is -0.741. The Hall–Kier alpha value is -2.09. The lowest BCUT2D eigenvalue weighted by molar-refractivity contribution is -0.137. The number of fused-ring (bicyclic) bond motifs is 2. The minimum atomic E-state index is -4.60. The van der Waals surface area contributed by atoms with E-state index >= 15 is 0 Å². The lowest BCUT2D eigenvalue weighted by Crippen LogP contribution is -2.57. The fourth-order valence-corrected chi connectivity index (χ4v) is 3.42. The first-order chi connectivity index (χ1) is 12.5. The van der Waals surface area contributed by atoms with E-state index in [4.69, 9.17) is 9.47 Å². The van der Waals surface area contributed by atoms with Gasteiger partial charge in [-0.25, -0.2) is 9.18 Å². The zero-order valence-corrected chi connectivity index (χ0v) is 15.3. The highest BCUT2D eigenvalue weighted by Gasteiger charge is 2.42. The summed E-state index contributed by atoms with van der Waals surface area (Å²) in [6.07, 6.45) is -3.46. The molecule has 3 rings (SSSR count). The average molecular weight is 387 g/mol. The van der Waals surface area contributed by atoms with Gasteiger partial charge in [0.2, 0.25) is 0 Å². The van der Waals surface area contributed by atoms with Crippen molar-refractivity contribution in [1.82, 2.24) is 4.90 Å². The van der Waals surface area contributed by atoms with Crippen molar-refractivity contribution in [3.8, 4) is 0 Å². The smallest absolute Gasteiger partial charge is 0.416 e. The van der Waals surface area contributed by atoms with Gasteiger partial charge in [-0.3, -0.25) is 4.90 Å². The van der Waals surface area contributed by atoms with E-state index in [0.717, 1.165) is 18.2 Å². The third-order valence-corrected chi connectivity index (χ3v) is 4.44. The quantitative estimate of drug-likeness (QED) is 0.659. The van der Waals surface area contributed by atoms with Gasteiger partial charge in [-0.2, -0.15) is 13.2 Å². The molecule has 27 heavy (non-hydrogen) atoms. The molecule has 1 amide bonds. The summed E-state index contributed by atoms with van der Waals surface area (Å²) in [6, 6.07) is 1.41. The van der Waals surface area contributed by atoms with Crippen LogP contribution >= 0.6 is 0 Å². The van der Waals surface area contributed by atoms with Crippen molar-refractivity contribution >= 4 is 11.7 Å². The molecule has 8 heteroatoms. The number of ether oxygens (including phenoxy) is 2. The first-order valence-corrected chi connectivity index (χ1v) is 8.62. The van der Waals surface area contributed by atoms with Crippen LogP contribution in [-0.2, 0) is 15.7 Å². The van der Waals surface area contributed by atoms with Crippen molar-refractivity contribution in [3.63, 3.8) is 0 Å². The largest absolute Gasteiger partial charge is 0.444 e. The van der Waals surface area contributed by atoms with Crippen LogP contribution in [0.3, 0.4) is 0 Å². The number of benzene rings is 1. The Bertz CT molecular complexity index is 767. The van der Waals surface area contributed by atoms with Crippen LogP contribution in [0.4, 0.5) is 22.4 Å². The highest BCUT2D eigenvalue weighted by Crippen LogP contribution is 2.40. The molecule has 2 heterocycles. The summed E-state index contributed by atoms with van der Waals surface area (Å²) in [6.45, 7) is 5.56. The maximum atomic E-state index is 13.7. The molecule has 1 fully saturated rings. The minimum Gasteiger partial charge on any atom is -0.444 e. The monoisotopic (exact) mass is 387 g/mol. The molecular weight excluding hydrogens is 366 g/mol. The van der Waals surface area contributed by atoms with E-state index in [0.29, 0.717) is 5.57 Å². The molecule has 2 bridgehead atoms. The Morgan fingerprint density at radius 1 is 1.22 bits per heavy atom. The van der Waals surface area contributed by atoms with Crippen LogP contribution in [0.2, 0.25) is 0 Å². The van der Waals surface area contributed by atoms with Gasteiger partial charge in [-0.05, 0) is 56.5 Å². The molecule has 1 aromatic carbocycles. The number of hydrogen-bond donors (Lipinski definition) is 0. The predicted octanol–water partition coefficient (Wildman–Crippen LogP) is 4.64. The van der Waals surface area contributed by atoms with Gasteiger partial charge in [-0.1, -0.05) is 6.08 Å². The maximum Gasteiger partial charge on any atom is 0.416 e. The molecule has 2 aliphatic rings. The van der Waals surface area contributed by atoms with E-state index in [1.807, 2.05) is 0 Å². The van der Waals surface area contributed by atoms with Crippen LogP contribution in [-0.4, -0.2) is 41.9 Å². The molecule has 4 nitrogen and oxygen atoms in total. The Morgan fingerprint density at radius 3 is 2.52 bits per heavy atom. The Balaban J connectivity index is 1.97. The SMILES string of the molecule is CC(C)(C)OC(=O)N1C2C=C(c3cc(F)ccc3C(F)(F)F)CC1COC2. The lowest BCUT2D eigenvalue weighted by Gasteiger charge is -2.44. The van der Waals surface area contributed by atoms with Crippen LogP contribution < -0.4 is 0 Å². The summed E-state index contributed by atoms with van der Waals surface area (Å²) in [5.41, 5.74) is -1.41. The van der Waals surface area contributed by atoms with Crippen molar-refractivity contribution in [2.45, 2.75) is 51.1 Å². The number of amides is 1. The fraction of sp³-hybridized carbons (Fsp3) is 0.526. The zero-order chi connectivity index (χ0) is 20.0. The minimum absolute atomic E-state index is 0.127. The Kier molecular flexibility index (Phi) is 4.96. The molecule has 0 N–H and O–H groups in total. The molecule has 0 spiro atoms. The number of nitrogens with zero attached hydrogens (tertiary/aromatic N) is 1. The van der Waals surface area contributed by atoms with Crippen molar-refractivity contribution in [1.29, 1.82) is 0 Å². The molecule has 2 atom stereocenters. The Morgan fingerprint density at radius 2 is 1.93 bits per heavy atom. The number of alkyl halides is 3. The van der Waals surface area contributed by atoms with Crippen LogP contribution in [0.1, 0.15) is 38.3 Å². The van der Waals surface area contributed by atoms with Crippen molar-refractivity contribution in [2.75, 3.05) is 13.2 Å². The topological polar surface area (TPSA) is 38.8 Å². The summed E-state index contributed by atoms with van der Waals surface area (Å²) < 4.78 is 64.6. The van der Waals surface area contributed by atoms with Crippen molar-refractivity contribution < 1.29 is 31.8 Å². The third kappa shape index (κ3) is 4.26. The van der Waals surface area contributed by atoms with Gasteiger partial charge in [0, 0.05) is 0 Å². The van der Waals surface area contributed by atoms with E-state index < -0.39 is 41.3 Å². The van der Waals surface area contributed by atoms with Gasteiger partial charge in [0.25, 0.3) is 0 Å². The summed E-state index contributed by atoms with van der Waals surface area (Å²) in [7, 11) is 0. The highest BCUT2D eigenvalue weighted by molar-refractivity contribution is 5.76. The van der Waals surface area contributed by atoms with Gasteiger partial charge in [-0.15, -0.1) is 0 Å². The molecule has 0 radical (unpaired) electrons. The highest BCUT2D eigenvalue weighted by atomic mass is 19.4. The van der Waals surface area contributed by atoms with Crippen LogP contribution in [0.15, 0.2) is 24.3 Å². The zero-order valence-electron chi connectivity index (χ0n) is 15.3. The summed E-state index contributed by atoms with van der Waals surface area (Å²) in [4.78, 5) is 14.0. The van der Waals surface area contributed by atoms with Crippen molar-refractivity contribution in [2.24, 2.45) is 0 Å². The molecule has 2 aliphatic heterocycles. The summed E-state index contributed by atoms with van der Waals surface area (Å²) in [5, 5.41) is 0.